The van der Waals surface area contributed by atoms with Crippen molar-refractivity contribution in [2.45, 2.75) is 17.1 Å². The first-order chi connectivity index (χ1) is 8.54. The molecule has 8 heteroatoms. The van der Waals surface area contributed by atoms with Gasteiger partial charge < -0.3 is 0 Å². The maximum absolute atomic E-state index is 10.7. The van der Waals surface area contributed by atoms with E-state index in [9.17, 15) is 10.1 Å². The Morgan fingerprint density at radius 2 is 2.17 bits per heavy atom. The number of aromatic nitrogens is 3. The Balaban J connectivity index is 2.31. The molecule has 0 aliphatic rings. The predicted molar refractivity (Wildman–Crippen MR) is 66.8 cm³/mol. The molecule has 0 spiro atoms. The zero-order chi connectivity index (χ0) is 13.1. The Kier molecular flexibility index (Phi) is 3.73. The Labute approximate surface area is 112 Å². The Bertz CT molecular complexity index is 608. The van der Waals surface area contributed by atoms with Crippen LogP contribution in [0, 0.1) is 17.0 Å². The molecule has 6 nitrogen and oxygen atoms in total. The first kappa shape index (κ1) is 12.7. The fourth-order valence-corrected chi connectivity index (χ4v) is 2.25. The average molecular weight is 283 g/mol. The predicted octanol–water partition coefficient (Wildman–Crippen LogP) is 2.89. The summed E-state index contributed by atoms with van der Waals surface area (Å²) in [6.45, 7) is 1.83. The zero-order valence-corrected chi connectivity index (χ0v) is 10.8. The lowest BCUT2D eigenvalue weighted by molar-refractivity contribution is -0.385. The average Bonchev–Trinajstić information content (AvgIpc) is 2.28. The second-order valence-electron chi connectivity index (χ2n) is 3.33. The summed E-state index contributed by atoms with van der Waals surface area (Å²) in [6.07, 6.45) is 1.61. The molecule has 0 atom stereocenters. The first-order valence-electron chi connectivity index (χ1n) is 4.84. The van der Waals surface area contributed by atoms with Crippen molar-refractivity contribution in [1.82, 2.24) is 15.0 Å². The van der Waals surface area contributed by atoms with E-state index in [1.807, 2.05) is 6.92 Å². The van der Waals surface area contributed by atoms with E-state index in [-0.39, 0.29) is 10.8 Å². The molecule has 0 bridgehead atoms. The fraction of sp³-hybridized carbons (Fsp3) is 0.100. The van der Waals surface area contributed by atoms with Crippen molar-refractivity contribution in [2.24, 2.45) is 0 Å². The van der Waals surface area contributed by atoms with E-state index < -0.39 is 4.92 Å². The number of pyridine rings is 1. The lowest BCUT2D eigenvalue weighted by atomic mass is 10.4. The number of nitrogens with zero attached hydrogens (tertiary/aromatic N) is 4. The van der Waals surface area contributed by atoms with Crippen LogP contribution >= 0.6 is 23.4 Å². The molecule has 0 aliphatic carbocycles. The third-order valence-electron chi connectivity index (χ3n) is 1.93. The summed E-state index contributed by atoms with van der Waals surface area (Å²) in [6, 6.07) is 4.29. The summed E-state index contributed by atoms with van der Waals surface area (Å²) in [5, 5.41) is 11.6. The number of aryl methyl sites for hydroxylation is 1. The van der Waals surface area contributed by atoms with E-state index in [0.29, 0.717) is 10.2 Å². The standard InChI is InChI=1S/C10H7ClN4O2S/c1-6-2-3-12-10(13-6)18-9-5-7(15(16)17)4-8(11)14-9/h2-5H,1H3. The van der Waals surface area contributed by atoms with Gasteiger partial charge in [0.1, 0.15) is 10.2 Å². The van der Waals surface area contributed by atoms with Crippen molar-refractivity contribution < 1.29 is 4.92 Å². The van der Waals surface area contributed by atoms with Gasteiger partial charge in [0, 0.05) is 18.0 Å². The molecule has 0 saturated carbocycles. The fourth-order valence-electron chi connectivity index (χ4n) is 1.19. The molecular weight excluding hydrogens is 276 g/mol. The van der Waals surface area contributed by atoms with Gasteiger partial charge in [0.05, 0.1) is 11.0 Å². The summed E-state index contributed by atoms with van der Waals surface area (Å²) in [5.41, 5.74) is 0.703. The maximum atomic E-state index is 10.7. The Morgan fingerprint density at radius 3 is 2.83 bits per heavy atom. The Morgan fingerprint density at radius 1 is 1.39 bits per heavy atom. The van der Waals surface area contributed by atoms with Crippen molar-refractivity contribution in [3.8, 4) is 0 Å². The molecule has 0 aliphatic heterocycles. The van der Waals surface area contributed by atoms with E-state index in [1.54, 1.807) is 12.3 Å². The second kappa shape index (κ2) is 5.28. The largest absolute Gasteiger partial charge is 0.275 e. The first-order valence-corrected chi connectivity index (χ1v) is 6.03. The van der Waals surface area contributed by atoms with E-state index >= 15 is 0 Å². The third kappa shape index (κ3) is 3.14. The Hall–Kier alpha value is -1.73. The van der Waals surface area contributed by atoms with Gasteiger partial charge in [0.15, 0.2) is 5.16 Å². The minimum atomic E-state index is -0.519. The molecule has 0 aromatic carbocycles. The van der Waals surface area contributed by atoms with E-state index in [1.165, 1.54) is 12.1 Å². The molecule has 0 fully saturated rings. The highest BCUT2D eigenvalue weighted by atomic mass is 35.5. The smallest absolute Gasteiger partial charge is 0.258 e. The highest BCUT2D eigenvalue weighted by Crippen LogP contribution is 2.28. The molecule has 0 N–H and O–H groups in total. The van der Waals surface area contributed by atoms with Gasteiger partial charge in [-0.15, -0.1) is 0 Å². The van der Waals surface area contributed by atoms with Gasteiger partial charge in [-0.25, -0.2) is 15.0 Å². The lowest BCUT2D eigenvalue weighted by Crippen LogP contribution is -1.92. The van der Waals surface area contributed by atoms with Crippen LogP contribution in [0.15, 0.2) is 34.6 Å². The molecule has 0 amide bonds. The molecular formula is C10H7ClN4O2S. The van der Waals surface area contributed by atoms with Crippen LogP contribution in [0.4, 0.5) is 5.69 Å². The van der Waals surface area contributed by atoms with Crippen molar-refractivity contribution in [3.63, 3.8) is 0 Å². The van der Waals surface area contributed by atoms with Crippen LogP contribution in [0.1, 0.15) is 5.69 Å². The SMILES string of the molecule is Cc1ccnc(Sc2cc([N+](=O)[O-])cc(Cl)n2)n1. The van der Waals surface area contributed by atoms with Gasteiger partial charge in [-0.2, -0.15) is 0 Å². The summed E-state index contributed by atoms with van der Waals surface area (Å²) < 4.78 is 0. The van der Waals surface area contributed by atoms with Gasteiger partial charge in [0.25, 0.3) is 5.69 Å². The maximum Gasteiger partial charge on any atom is 0.275 e. The van der Waals surface area contributed by atoms with Gasteiger partial charge in [-0.1, -0.05) is 11.6 Å². The van der Waals surface area contributed by atoms with Crippen molar-refractivity contribution in [1.29, 1.82) is 0 Å². The minimum absolute atomic E-state index is 0.0688. The van der Waals surface area contributed by atoms with Gasteiger partial charge in [-0.3, -0.25) is 10.1 Å². The normalized spacial score (nSPS) is 10.3. The van der Waals surface area contributed by atoms with Gasteiger partial charge in [-0.05, 0) is 24.8 Å². The van der Waals surface area contributed by atoms with Crippen LogP contribution in [0.3, 0.4) is 0 Å². The van der Waals surface area contributed by atoms with Gasteiger partial charge in [0.2, 0.25) is 0 Å². The van der Waals surface area contributed by atoms with Gasteiger partial charge >= 0.3 is 0 Å². The molecule has 0 saturated heterocycles. The molecule has 2 aromatic rings. The van der Waals surface area contributed by atoms with Crippen molar-refractivity contribution >= 4 is 29.1 Å². The zero-order valence-electron chi connectivity index (χ0n) is 9.20. The highest BCUT2D eigenvalue weighted by Gasteiger charge is 2.12. The number of halogens is 1. The van der Waals surface area contributed by atoms with Crippen molar-refractivity contribution in [3.05, 3.63) is 45.4 Å². The van der Waals surface area contributed by atoms with Crippen LogP contribution < -0.4 is 0 Å². The van der Waals surface area contributed by atoms with E-state index in [4.69, 9.17) is 11.6 Å². The number of rotatable bonds is 3. The second-order valence-corrected chi connectivity index (χ2v) is 4.70. The lowest BCUT2D eigenvalue weighted by Gasteiger charge is -2.01. The topological polar surface area (TPSA) is 81.8 Å². The molecule has 18 heavy (non-hydrogen) atoms. The highest BCUT2D eigenvalue weighted by molar-refractivity contribution is 7.99. The molecule has 2 rings (SSSR count). The molecule has 92 valence electrons. The van der Waals surface area contributed by atoms with Crippen LogP contribution in [-0.2, 0) is 0 Å². The monoisotopic (exact) mass is 282 g/mol. The summed E-state index contributed by atoms with van der Waals surface area (Å²) in [5.74, 6) is 0. The third-order valence-corrected chi connectivity index (χ3v) is 2.93. The minimum Gasteiger partial charge on any atom is -0.258 e. The molecule has 0 unspecified atom stereocenters. The summed E-state index contributed by atoms with van der Waals surface area (Å²) in [4.78, 5) is 22.4. The van der Waals surface area contributed by atoms with E-state index in [2.05, 4.69) is 15.0 Å². The number of hydrogen-bond donors (Lipinski definition) is 0. The summed E-state index contributed by atoms with van der Waals surface area (Å²) in [7, 11) is 0. The van der Waals surface area contributed by atoms with Crippen LogP contribution in [-0.4, -0.2) is 19.9 Å². The quantitative estimate of drug-likeness (QED) is 0.373. The van der Waals surface area contributed by atoms with Crippen molar-refractivity contribution in [2.75, 3.05) is 0 Å². The summed E-state index contributed by atoms with van der Waals surface area (Å²) >= 11 is 6.85. The van der Waals surface area contributed by atoms with Crippen LogP contribution in [0.5, 0.6) is 0 Å². The molecule has 0 radical (unpaired) electrons. The van der Waals surface area contributed by atoms with E-state index in [0.717, 1.165) is 17.5 Å². The van der Waals surface area contributed by atoms with Crippen LogP contribution in [0.25, 0.3) is 0 Å². The molecule has 2 heterocycles. The molecule has 2 aromatic heterocycles. The van der Waals surface area contributed by atoms with Crippen LogP contribution in [0.2, 0.25) is 5.15 Å². The number of nitro groups is 1. The number of hydrogen-bond acceptors (Lipinski definition) is 6.